The third kappa shape index (κ3) is 2.98. The maximum absolute atomic E-state index is 13.4. The summed E-state index contributed by atoms with van der Waals surface area (Å²) in [6.07, 6.45) is 1.57. The number of thioether (sulfide) groups is 1. The summed E-state index contributed by atoms with van der Waals surface area (Å²) in [7, 11) is 0. The van der Waals surface area contributed by atoms with Gasteiger partial charge in [-0.1, -0.05) is 13.0 Å². The van der Waals surface area contributed by atoms with Crippen molar-refractivity contribution >= 4 is 11.8 Å². The number of benzene rings is 1. The number of nitrogens with zero attached hydrogens (tertiary/aromatic N) is 1. The van der Waals surface area contributed by atoms with Crippen LogP contribution in [0.2, 0.25) is 0 Å². The molecule has 0 aliphatic carbocycles. The number of hydrogen-bond donors (Lipinski definition) is 0. The third-order valence-electron chi connectivity index (χ3n) is 2.14. The van der Waals surface area contributed by atoms with Crippen molar-refractivity contribution < 1.29 is 13.5 Å². The predicted octanol–water partition coefficient (Wildman–Crippen LogP) is 4.26. The van der Waals surface area contributed by atoms with Gasteiger partial charge in [0.15, 0.2) is 11.6 Å². The number of halogens is 2. The molecule has 0 saturated carbocycles. The maximum Gasteiger partial charge on any atom is 0.201 e. The van der Waals surface area contributed by atoms with E-state index in [-0.39, 0.29) is 5.75 Å². The van der Waals surface area contributed by atoms with Gasteiger partial charge >= 0.3 is 0 Å². The largest absolute Gasteiger partial charge is 0.454 e. The summed E-state index contributed by atoms with van der Waals surface area (Å²) in [5.41, 5.74) is 0. The van der Waals surface area contributed by atoms with Crippen LogP contribution < -0.4 is 4.74 Å². The minimum Gasteiger partial charge on any atom is -0.454 e. The molecule has 0 amide bonds. The lowest BCUT2D eigenvalue weighted by molar-refractivity contribution is 0.415. The highest BCUT2D eigenvalue weighted by molar-refractivity contribution is 7.99. The standard InChI is InChI=1S/C13H11F2NOS/c1-2-18-12-8-9(6-7-16-12)17-11-5-3-4-10(14)13(11)15/h3-8H,2H2,1H3. The van der Waals surface area contributed by atoms with Crippen molar-refractivity contribution in [3.05, 3.63) is 48.2 Å². The van der Waals surface area contributed by atoms with Crippen LogP contribution in [0.25, 0.3) is 0 Å². The molecule has 94 valence electrons. The maximum atomic E-state index is 13.4. The van der Waals surface area contributed by atoms with Gasteiger partial charge < -0.3 is 4.74 Å². The van der Waals surface area contributed by atoms with Gasteiger partial charge in [0.2, 0.25) is 5.82 Å². The van der Waals surface area contributed by atoms with Crippen LogP contribution in [0.15, 0.2) is 41.6 Å². The van der Waals surface area contributed by atoms with Gasteiger partial charge in [-0.2, -0.15) is 4.39 Å². The van der Waals surface area contributed by atoms with Gasteiger partial charge in [-0.05, 0) is 24.0 Å². The molecule has 0 unspecified atom stereocenters. The highest BCUT2D eigenvalue weighted by Crippen LogP contribution is 2.27. The molecule has 0 N–H and O–H groups in total. The van der Waals surface area contributed by atoms with Crippen LogP contribution in [-0.2, 0) is 0 Å². The average Bonchev–Trinajstić information content (AvgIpc) is 2.36. The van der Waals surface area contributed by atoms with Crippen molar-refractivity contribution in [2.75, 3.05) is 5.75 Å². The summed E-state index contributed by atoms with van der Waals surface area (Å²) >= 11 is 1.55. The first-order valence-electron chi connectivity index (χ1n) is 5.41. The third-order valence-corrected chi connectivity index (χ3v) is 2.95. The summed E-state index contributed by atoms with van der Waals surface area (Å²) in [6.45, 7) is 2.01. The Hall–Kier alpha value is -1.62. The van der Waals surface area contributed by atoms with Crippen LogP contribution in [0.4, 0.5) is 8.78 Å². The average molecular weight is 267 g/mol. The Morgan fingerprint density at radius 3 is 2.89 bits per heavy atom. The first-order valence-corrected chi connectivity index (χ1v) is 6.40. The molecule has 2 aromatic rings. The van der Waals surface area contributed by atoms with Gasteiger partial charge in [0.1, 0.15) is 5.75 Å². The van der Waals surface area contributed by atoms with E-state index in [9.17, 15) is 8.78 Å². The molecule has 0 aliphatic heterocycles. The number of rotatable bonds is 4. The van der Waals surface area contributed by atoms with E-state index in [0.29, 0.717) is 5.75 Å². The minimum absolute atomic E-state index is 0.131. The molecule has 1 aromatic carbocycles. The lowest BCUT2D eigenvalue weighted by Gasteiger charge is -2.07. The summed E-state index contributed by atoms with van der Waals surface area (Å²) in [4.78, 5) is 4.13. The second kappa shape index (κ2) is 5.82. The second-order valence-electron chi connectivity index (χ2n) is 3.42. The Bertz CT molecular complexity index is 548. The number of hydrogen-bond acceptors (Lipinski definition) is 3. The molecular weight excluding hydrogens is 256 g/mol. The summed E-state index contributed by atoms with van der Waals surface area (Å²) in [5.74, 6) is -0.729. The minimum atomic E-state index is -0.987. The van der Waals surface area contributed by atoms with Gasteiger partial charge in [0.25, 0.3) is 0 Å². The number of ether oxygens (including phenoxy) is 1. The van der Waals surface area contributed by atoms with Crippen molar-refractivity contribution in [1.82, 2.24) is 4.98 Å². The molecule has 5 heteroatoms. The van der Waals surface area contributed by atoms with Gasteiger partial charge in [0.05, 0.1) is 5.03 Å². The molecule has 0 aliphatic rings. The van der Waals surface area contributed by atoms with Crippen LogP contribution in [0.1, 0.15) is 6.92 Å². The van der Waals surface area contributed by atoms with Crippen molar-refractivity contribution in [2.24, 2.45) is 0 Å². The monoisotopic (exact) mass is 267 g/mol. The highest BCUT2D eigenvalue weighted by atomic mass is 32.2. The normalized spacial score (nSPS) is 10.4. The fraction of sp³-hybridized carbons (Fsp3) is 0.154. The van der Waals surface area contributed by atoms with E-state index in [0.717, 1.165) is 16.8 Å². The smallest absolute Gasteiger partial charge is 0.201 e. The highest BCUT2D eigenvalue weighted by Gasteiger charge is 2.09. The summed E-state index contributed by atoms with van der Waals surface area (Å²) in [5, 5.41) is 0.784. The van der Waals surface area contributed by atoms with E-state index in [4.69, 9.17) is 4.74 Å². The zero-order valence-corrected chi connectivity index (χ0v) is 10.5. The molecule has 0 bridgehead atoms. The van der Waals surface area contributed by atoms with Crippen molar-refractivity contribution in [1.29, 1.82) is 0 Å². The summed E-state index contributed by atoms with van der Waals surface area (Å²) < 4.78 is 31.7. The first kappa shape index (κ1) is 12.8. The molecule has 18 heavy (non-hydrogen) atoms. The first-order chi connectivity index (χ1) is 8.70. The van der Waals surface area contributed by atoms with E-state index >= 15 is 0 Å². The Morgan fingerprint density at radius 1 is 1.28 bits per heavy atom. The van der Waals surface area contributed by atoms with Gasteiger partial charge in [0, 0.05) is 12.3 Å². The van der Waals surface area contributed by atoms with Crippen molar-refractivity contribution in [3.63, 3.8) is 0 Å². The van der Waals surface area contributed by atoms with Gasteiger partial charge in [-0.25, -0.2) is 9.37 Å². The Morgan fingerprint density at radius 2 is 2.11 bits per heavy atom. The van der Waals surface area contributed by atoms with Crippen LogP contribution in [0.3, 0.4) is 0 Å². The quantitative estimate of drug-likeness (QED) is 0.772. The molecule has 1 aromatic heterocycles. The topological polar surface area (TPSA) is 22.1 Å². The van der Waals surface area contributed by atoms with Crippen molar-refractivity contribution in [2.45, 2.75) is 11.9 Å². The number of aromatic nitrogens is 1. The number of pyridine rings is 1. The van der Waals surface area contributed by atoms with Crippen LogP contribution >= 0.6 is 11.8 Å². The SMILES string of the molecule is CCSc1cc(Oc2cccc(F)c2F)ccn1. The molecule has 0 radical (unpaired) electrons. The molecule has 1 heterocycles. The van der Waals surface area contributed by atoms with Gasteiger partial charge in [-0.15, -0.1) is 11.8 Å². The predicted molar refractivity (Wildman–Crippen MR) is 67.1 cm³/mol. The Labute approximate surface area is 108 Å². The van der Waals surface area contributed by atoms with E-state index in [1.807, 2.05) is 6.92 Å². The molecule has 0 fully saturated rings. The molecule has 2 nitrogen and oxygen atoms in total. The molecule has 2 rings (SSSR count). The molecule has 0 saturated heterocycles. The van der Waals surface area contributed by atoms with Crippen LogP contribution in [0.5, 0.6) is 11.5 Å². The van der Waals surface area contributed by atoms with Crippen molar-refractivity contribution in [3.8, 4) is 11.5 Å². The zero-order valence-electron chi connectivity index (χ0n) is 9.69. The van der Waals surface area contributed by atoms with Gasteiger partial charge in [-0.3, -0.25) is 0 Å². The Kier molecular flexibility index (Phi) is 4.15. The lowest BCUT2D eigenvalue weighted by Crippen LogP contribution is -1.92. The van der Waals surface area contributed by atoms with Crippen LogP contribution in [0, 0.1) is 11.6 Å². The van der Waals surface area contributed by atoms with E-state index in [2.05, 4.69) is 4.98 Å². The summed E-state index contributed by atoms with van der Waals surface area (Å²) in [6, 6.07) is 7.12. The van der Waals surface area contributed by atoms with E-state index in [1.54, 1.807) is 30.1 Å². The zero-order chi connectivity index (χ0) is 13.0. The lowest BCUT2D eigenvalue weighted by atomic mass is 10.3. The van der Waals surface area contributed by atoms with Crippen LogP contribution in [-0.4, -0.2) is 10.7 Å². The second-order valence-corrected chi connectivity index (χ2v) is 4.70. The fourth-order valence-corrected chi connectivity index (χ4v) is 2.00. The van der Waals surface area contributed by atoms with E-state index < -0.39 is 11.6 Å². The van der Waals surface area contributed by atoms with E-state index in [1.165, 1.54) is 12.1 Å². The molecule has 0 atom stereocenters. The molecular formula is C13H11F2NOS. The Balaban J connectivity index is 2.23. The molecule has 0 spiro atoms. The fourth-order valence-electron chi connectivity index (χ4n) is 1.37.